The van der Waals surface area contributed by atoms with Gasteiger partial charge in [-0.3, -0.25) is 14.5 Å². The number of Topliss-reactive ketones (excluding diaryl/α,β-unsaturated/α-hetero) is 1. The van der Waals surface area contributed by atoms with Crippen molar-refractivity contribution in [3.63, 3.8) is 0 Å². The molecule has 0 N–H and O–H groups in total. The number of ketones is 1. The summed E-state index contributed by atoms with van der Waals surface area (Å²) >= 11 is 0. The smallest absolute Gasteiger partial charge is 0.326 e. The Balaban J connectivity index is 2.15. The molecule has 0 radical (unpaired) electrons. The number of carbonyl (C=O) groups excluding carboxylic acids is 2. The van der Waals surface area contributed by atoms with Gasteiger partial charge in [0, 0.05) is 12.1 Å². The van der Waals surface area contributed by atoms with Crippen LogP contribution in [0.4, 0.5) is 0 Å². The van der Waals surface area contributed by atoms with E-state index in [2.05, 4.69) is 0 Å². The summed E-state index contributed by atoms with van der Waals surface area (Å²) in [5, 5.41) is 0. The molecular weight excluding hydrogens is 294 g/mol. The van der Waals surface area contributed by atoms with Crippen LogP contribution >= 0.6 is 0 Å². The van der Waals surface area contributed by atoms with E-state index in [1.807, 2.05) is 38.8 Å². The number of benzene rings is 1. The maximum atomic E-state index is 12.3. The van der Waals surface area contributed by atoms with Gasteiger partial charge in [-0.2, -0.15) is 0 Å². The summed E-state index contributed by atoms with van der Waals surface area (Å²) in [6.07, 6.45) is 0. The quantitative estimate of drug-likeness (QED) is 0.629. The van der Waals surface area contributed by atoms with E-state index in [4.69, 9.17) is 9.47 Å². The highest BCUT2D eigenvalue weighted by Gasteiger charge is 2.28. The lowest BCUT2D eigenvalue weighted by molar-refractivity contribution is -0.156. The Labute approximate surface area is 137 Å². The first kappa shape index (κ1) is 17.6. The largest absolute Gasteiger partial charge is 0.460 e. The number of carbonyl (C=O) groups is 2. The summed E-state index contributed by atoms with van der Waals surface area (Å²) in [4.78, 5) is 26.1. The number of aryl methyl sites for hydroxylation is 2. The summed E-state index contributed by atoms with van der Waals surface area (Å²) in [7, 11) is 1.89. The van der Waals surface area contributed by atoms with Gasteiger partial charge in [-0.25, -0.2) is 0 Å². The Morgan fingerprint density at radius 1 is 1.30 bits per heavy atom. The number of rotatable bonds is 4. The molecule has 2 rings (SSSR count). The number of morpholine rings is 1. The molecule has 0 amide bonds. The van der Waals surface area contributed by atoms with Gasteiger partial charge in [0.15, 0.2) is 5.78 Å². The van der Waals surface area contributed by atoms with Crippen molar-refractivity contribution in [2.75, 3.05) is 26.8 Å². The van der Waals surface area contributed by atoms with Gasteiger partial charge in [0.2, 0.25) is 0 Å². The van der Waals surface area contributed by atoms with Gasteiger partial charge in [-0.1, -0.05) is 6.07 Å². The van der Waals surface area contributed by atoms with Crippen LogP contribution in [0.2, 0.25) is 0 Å². The molecule has 5 nitrogen and oxygen atoms in total. The summed E-state index contributed by atoms with van der Waals surface area (Å²) in [5.41, 5.74) is 4.53. The van der Waals surface area contributed by atoms with Gasteiger partial charge in [-0.05, 0) is 57.0 Å². The third-order valence-corrected chi connectivity index (χ3v) is 4.51. The van der Waals surface area contributed by atoms with Crippen molar-refractivity contribution in [2.24, 2.45) is 0 Å². The standard InChI is InChI=1S/C18H25NO4/c1-11-8-12(2)17(14(4)20)13(3)15(11)9-23-18(21)16-10-22-7-6-19(16)5/h8,16H,6-7,9-10H2,1-5H3. The topological polar surface area (TPSA) is 55.8 Å². The van der Waals surface area contributed by atoms with E-state index < -0.39 is 0 Å². The third-order valence-electron chi connectivity index (χ3n) is 4.51. The average Bonchev–Trinajstić information content (AvgIpc) is 2.46. The predicted molar refractivity (Wildman–Crippen MR) is 87.7 cm³/mol. The Kier molecular flexibility index (Phi) is 5.55. The van der Waals surface area contributed by atoms with Crippen molar-refractivity contribution in [1.82, 2.24) is 4.90 Å². The minimum absolute atomic E-state index is 0.0352. The van der Waals surface area contributed by atoms with Gasteiger partial charge in [-0.15, -0.1) is 0 Å². The molecule has 0 saturated carbocycles. The zero-order chi connectivity index (χ0) is 17.1. The van der Waals surface area contributed by atoms with E-state index >= 15 is 0 Å². The van der Waals surface area contributed by atoms with Crippen molar-refractivity contribution in [2.45, 2.75) is 40.3 Å². The fourth-order valence-electron chi connectivity index (χ4n) is 3.16. The lowest BCUT2D eigenvalue weighted by atomic mass is 9.92. The molecule has 0 aromatic heterocycles. The van der Waals surface area contributed by atoms with Gasteiger partial charge >= 0.3 is 5.97 Å². The minimum atomic E-state index is -0.359. The average molecular weight is 319 g/mol. The molecule has 1 aromatic carbocycles. The summed E-state index contributed by atoms with van der Waals surface area (Å²) in [6.45, 7) is 9.28. The molecule has 1 aromatic rings. The first-order chi connectivity index (χ1) is 10.8. The summed E-state index contributed by atoms with van der Waals surface area (Å²) < 4.78 is 10.9. The highest BCUT2D eigenvalue weighted by Crippen LogP contribution is 2.24. The Morgan fingerprint density at radius 3 is 2.61 bits per heavy atom. The van der Waals surface area contributed by atoms with E-state index in [0.29, 0.717) is 13.2 Å². The first-order valence-electron chi connectivity index (χ1n) is 7.88. The predicted octanol–water partition coefficient (Wildman–Crippen LogP) is 2.19. The van der Waals surface area contributed by atoms with Crippen molar-refractivity contribution >= 4 is 11.8 Å². The molecule has 1 atom stereocenters. The second-order valence-electron chi connectivity index (χ2n) is 6.22. The fourth-order valence-corrected chi connectivity index (χ4v) is 3.16. The van der Waals surface area contributed by atoms with Crippen LogP contribution in [0.5, 0.6) is 0 Å². The van der Waals surface area contributed by atoms with Gasteiger partial charge in [0.25, 0.3) is 0 Å². The zero-order valence-electron chi connectivity index (χ0n) is 14.6. The Bertz CT molecular complexity index is 624. The fraction of sp³-hybridized carbons (Fsp3) is 0.556. The SMILES string of the molecule is CC(=O)c1c(C)cc(C)c(COC(=O)C2COCCN2C)c1C. The zero-order valence-corrected chi connectivity index (χ0v) is 14.6. The van der Waals surface area contributed by atoms with E-state index in [1.165, 1.54) is 0 Å². The normalized spacial score (nSPS) is 18.7. The monoisotopic (exact) mass is 319 g/mol. The van der Waals surface area contributed by atoms with Gasteiger partial charge in [0.1, 0.15) is 12.6 Å². The second-order valence-corrected chi connectivity index (χ2v) is 6.22. The molecular formula is C18H25NO4. The molecule has 1 aliphatic heterocycles. The number of hydrogen-bond donors (Lipinski definition) is 0. The molecule has 1 fully saturated rings. The van der Waals surface area contributed by atoms with E-state index in [0.717, 1.165) is 34.4 Å². The highest BCUT2D eigenvalue weighted by molar-refractivity contribution is 5.97. The van der Waals surface area contributed by atoms with E-state index in [9.17, 15) is 9.59 Å². The van der Waals surface area contributed by atoms with Crippen LogP contribution in [-0.4, -0.2) is 49.5 Å². The first-order valence-corrected chi connectivity index (χ1v) is 7.88. The number of esters is 1. The van der Waals surface area contributed by atoms with Crippen LogP contribution in [0.15, 0.2) is 6.07 Å². The van der Waals surface area contributed by atoms with Gasteiger partial charge in [0.05, 0.1) is 13.2 Å². The van der Waals surface area contributed by atoms with Crippen LogP contribution in [-0.2, 0) is 20.9 Å². The number of likely N-dealkylation sites (N-methyl/N-ethyl adjacent to an activating group) is 1. The summed E-state index contributed by atoms with van der Waals surface area (Å²) in [5.74, 6) is -0.246. The van der Waals surface area contributed by atoms with Crippen molar-refractivity contribution < 1.29 is 19.1 Å². The van der Waals surface area contributed by atoms with Gasteiger partial charge < -0.3 is 9.47 Å². The number of ether oxygens (including phenoxy) is 2. The summed E-state index contributed by atoms with van der Waals surface area (Å²) in [6, 6.07) is 1.62. The van der Waals surface area contributed by atoms with Crippen LogP contribution in [0.3, 0.4) is 0 Å². The van der Waals surface area contributed by atoms with E-state index in [-0.39, 0.29) is 24.4 Å². The van der Waals surface area contributed by atoms with Crippen LogP contribution in [0, 0.1) is 20.8 Å². The Morgan fingerprint density at radius 2 is 2.00 bits per heavy atom. The molecule has 0 bridgehead atoms. The molecule has 0 aliphatic carbocycles. The van der Waals surface area contributed by atoms with Crippen molar-refractivity contribution in [1.29, 1.82) is 0 Å². The number of nitrogens with zero attached hydrogens (tertiary/aromatic N) is 1. The van der Waals surface area contributed by atoms with E-state index in [1.54, 1.807) is 6.92 Å². The molecule has 1 unspecified atom stereocenters. The maximum Gasteiger partial charge on any atom is 0.326 e. The number of hydrogen-bond acceptors (Lipinski definition) is 5. The van der Waals surface area contributed by atoms with Crippen molar-refractivity contribution in [3.05, 3.63) is 33.9 Å². The molecule has 23 heavy (non-hydrogen) atoms. The molecule has 1 aliphatic rings. The molecule has 5 heteroatoms. The minimum Gasteiger partial charge on any atom is -0.460 e. The molecule has 0 spiro atoms. The lowest BCUT2D eigenvalue weighted by Crippen LogP contribution is -2.48. The molecule has 1 saturated heterocycles. The van der Waals surface area contributed by atoms with Crippen LogP contribution in [0.1, 0.15) is 39.5 Å². The lowest BCUT2D eigenvalue weighted by Gasteiger charge is -2.30. The third kappa shape index (κ3) is 3.79. The molecule has 1 heterocycles. The van der Waals surface area contributed by atoms with Crippen LogP contribution in [0.25, 0.3) is 0 Å². The molecule has 126 valence electrons. The van der Waals surface area contributed by atoms with Crippen LogP contribution < -0.4 is 0 Å². The second kappa shape index (κ2) is 7.23. The Hall–Kier alpha value is -1.72. The van der Waals surface area contributed by atoms with Crippen molar-refractivity contribution in [3.8, 4) is 0 Å². The maximum absolute atomic E-state index is 12.3. The highest BCUT2D eigenvalue weighted by atomic mass is 16.5.